The molecule has 0 saturated carbocycles. The highest BCUT2D eigenvalue weighted by atomic mass is 32.2. The van der Waals surface area contributed by atoms with Crippen LogP contribution in [-0.2, 0) is 11.4 Å². The first kappa shape index (κ1) is 20.0. The fourth-order valence-corrected chi connectivity index (χ4v) is 5.29. The van der Waals surface area contributed by atoms with Gasteiger partial charge in [0.15, 0.2) is 11.5 Å². The molecule has 0 spiro atoms. The molecule has 2 fully saturated rings. The SMILES string of the molecule is COc1cccc(C2SCC(=O)NC3NNC(C)C32)c1OCc1ccccc1F. The van der Waals surface area contributed by atoms with Crippen molar-refractivity contribution < 1.29 is 18.7 Å². The maximum Gasteiger partial charge on any atom is 0.231 e. The van der Waals surface area contributed by atoms with Crippen LogP contribution >= 0.6 is 11.8 Å². The van der Waals surface area contributed by atoms with Crippen molar-refractivity contribution in [3.63, 3.8) is 0 Å². The Kier molecular flexibility index (Phi) is 5.94. The third kappa shape index (κ3) is 4.05. The van der Waals surface area contributed by atoms with E-state index in [1.807, 2.05) is 18.2 Å². The molecule has 0 radical (unpaired) electrons. The van der Waals surface area contributed by atoms with Crippen LogP contribution in [0.4, 0.5) is 4.39 Å². The number of carbonyl (C=O) groups excluding carboxylic acids is 1. The summed E-state index contributed by atoms with van der Waals surface area (Å²) in [4.78, 5) is 12.2. The van der Waals surface area contributed by atoms with Crippen molar-refractivity contribution in [1.29, 1.82) is 0 Å². The molecule has 4 atom stereocenters. The molecule has 0 bridgehead atoms. The molecule has 6 nitrogen and oxygen atoms in total. The minimum Gasteiger partial charge on any atom is -0.493 e. The molecule has 2 saturated heterocycles. The molecule has 4 rings (SSSR count). The second kappa shape index (κ2) is 8.61. The number of hydrazine groups is 1. The molecule has 154 valence electrons. The third-order valence-corrected chi connectivity index (χ3v) is 6.71. The number of fused-ring (bicyclic) bond motifs is 1. The van der Waals surface area contributed by atoms with E-state index in [1.54, 1.807) is 37.1 Å². The topological polar surface area (TPSA) is 71.6 Å². The van der Waals surface area contributed by atoms with Gasteiger partial charge < -0.3 is 14.8 Å². The highest BCUT2D eigenvalue weighted by Gasteiger charge is 2.44. The molecular formula is C21H24FN3O3S. The van der Waals surface area contributed by atoms with Crippen LogP contribution in [0.25, 0.3) is 0 Å². The molecular weight excluding hydrogens is 393 g/mol. The standard InChI is InChI=1S/C21H24FN3O3S/c1-12-18-20(29-11-17(26)23-21(18)25-24-12)14-7-5-9-16(27-2)19(14)28-10-13-6-3-4-8-15(13)22/h3-9,12,18,20-21,24-25H,10-11H2,1-2H3,(H,23,26). The van der Waals surface area contributed by atoms with Gasteiger partial charge in [0.2, 0.25) is 5.91 Å². The van der Waals surface area contributed by atoms with E-state index in [1.165, 1.54) is 6.07 Å². The number of halogens is 1. The second-order valence-corrected chi connectivity index (χ2v) is 8.32. The van der Waals surface area contributed by atoms with E-state index in [0.717, 1.165) is 5.56 Å². The summed E-state index contributed by atoms with van der Waals surface area (Å²) in [7, 11) is 1.59. The zero-order valence-corrected chi connectivity index (χ0v) is 17.1. The second-order valence-electron chi connectivity index (χ2n) is 7.19. The zero-order chi connectivity index (χ0) is 20.4. The molecule has 0 aromatic heterocycles. The third-order valence-electron chi connectivity index (χ3n) is 5.35. The first-order valence-corrected chi connectivity index (χ1v) is 10.6. The van der Waals surface area contributed by atoms with Crippen molar-refractivity contribution >= 4 is 17.7 Å². The van der Waals surface area contributed by atoms with Crippen LogP contribution in [0.2, 0.25) is 0 Å². The first-order chi connectivity index (χ1) is 14.1. The lowest BCUT2D eigenvalue weighted by Crippen LogP contribution is -2.46. The van der Waals surface area contributed by atoms with E-state index >= 15 is 0 Å². The Morgan fingerprint density at radius 1 is 1.17 bits per heavy atom. The number of amides is 1. The van der Waals surface area contributed by atoms with Crippen molar-refractivity contribution in [1.82, 2.24) is 16.2 Å². The molecule has 1 amide bonds. The number of methoxy groups -OCH3 is 1. The van der Waals surface area contributed by atoms with E-state index in [4.69, 9.17) is 9.47 Å². The largest absolute Gasteiger partial charge is 0.493 e. The molecule has 0 aliphatic carbocycles. The van der Waals surface area contributed by atoms with Crippen LogP contribution in [0.15, 0.2) is 42.5 Å². The van der Waals surface area contributed by atoms with Crippen LogP contribution < -0.4 is 25.6 Å². The quantitative estimate of drug-likeness (QED) is 0.695. The number of hydrogen-bond acceptors (Lipinski definition) is 6. The Morgan fingerprint density at radius 2 is 2.00 bits per heavy atom. The minimum absolute atomic E-state index is 0.00683. The van der Waals surface area contributed by atoms with Gasteiger partial charge in [0.05, 0.1) is 19.0 Å². The number of ether oxygens (including phenoxy) is 2. The average Bonchev–Trinajstić information content (AvgIpc) is 2.98. The Balaban J connectivity index is 1.69. The molecule has 2 aromatic rings. The van der Waals surface area contributed by atoms with Gasteiger partial charge in [0, 0.05) is 28.3 Å². The lowest BCUT2D eigenvalue weighted by molar-refractivity contribution is -0.119. The van der Waals surface area contributed by atoms with Crippen LogP contribution in [-0.4, -0.2) is 31.0 Å². The van der Waals surface area contributed by atoms with Gasteiger partial charge in [-0.25, -0.2) is 9.82 Å². The van der Waals surface area contributed by atoms with Crippen LogP contribution in [0, 0.1) is 11.7 Å². The highest BCUT2D eigenvalue weighted by molar-refractivity contribution is 8.00. The zero-order valence-electron chi connectivity index (χ0n) is 16.3. The highest BCUT2D eigenvalue weighted by Crippen LogP contribution is 2.47. The Hall–Kier alpha value is -2.29. The van der Waals surface area contributed by atoms with Gasteiger partial charge in [0.1, 0.15) is 12.4 Å². The summed E-state index contributed by atoms with van der Waals surface area (Å²) in [5.74, 6) is 1.33. The van der Waals surface area contributed by atoms with Gasteiger partial charge in [-0.05, 0) is 19.1 Å². The predicted octanol–water partition coefficient (Wildman–Crippen LogP) is 2.76. The van der Waals surface area contributed by atoms with Crippen LogP contribution in [0.1, 0.15) is 23.3 Å². The fraction of sp³-hybridized carbons (Fsp3) is 0.381. The monoisotopic (exact) mass is 417 g/mol. The Morgan fingerprint density at radius 3 is 2.79 bits per heavy atom. The number of thioether (sulfide) groups is 1. The molecule has 8 heteroatoms. The summed E-state index contributed by atoms with van der Waals surface area (Å²) in [6.07, 6.45) is -0.178. The van der Waals surface area contributed by atoms with Gasteiger partial charge in [-0.3, -0.25) is 10.2 Å². The Labute approximate surface area is 173 Å². The summed E-state index contributed by atoms with van der Waals surface area (Å²) in [6.45, 7) is 2.18. The number of rotatable bonds is 5. The van der Waals surface area contributed by atoms with Crippen LogP contribution in [0.3, 0.4) is 0 Å². The molecule has 3 N–H and O–H groups in total. The van der Waals surface area contributed by atoms with E-state index in [-0.39, 0.29) is 41.7 Å². The molecule has 2 heterocycles. The normalized spacial score (nSPS) is 26.4. The van der Waals surface area contributed by atoms with Crippen molar-refractivity contribution in [2.75, 3.05) is 12.9 Å². The molecule has 2 aromatic carbocycles. The summed E-state index contributed by atoms with van der Waals surface area (Å²) in [5.41, 5.74) is 7.81. The van der Waals surface area contributed by atoms with Crippen molar-refractivity contribution in [3.05, 3.63) is 59.4 Å². The molecule has 4 unspecified atom stereocenters. The number of nitrogens with one attached hydrogen (secondary N) is 3. The summed E-state index contributed by atoms with van der Waals surface area (Å²) in [5, 5.41) is 3.02. The predicted molar refractivity (Wildman–Crippen MR) is 110 cm³/mol. The summed E-state index contributed by atoms with van der Waals surface area (Å²) >= 11 is 1.58. The first-order valence-electron chi connectivity index (χ1n) is 9.53. The fourth-order valence-electron chi connectivity index (χ4n) is 3.90. The lowest BCUT2D eigenvalue weighted by atomic mass is 9.90. The van der Waals surface area contributed by atoms with Crippen molar-refractivity contribution in [3.8, 4) is 11.5 Å². The number of hydrogen-bond donors (Lipinski definition) is 3. The lowest BCUT2D eigenvalue weighted by Gasteiger charge is -2.29. The summed E-state index contributed by atoms with van der Waals surface area (Å²) < 4.78 is 25.7. The van der Waals surface area contributed by atoms with E-state index in [2.05, 4.69) is 23.1 Å². The van der Waals surface area contributed by atoms with Crippen molar-refractivity contribution in [2.45, 2.75) is 31.0 Å². The number of benzene rings is 2. The van der Waals surface area contributed by atoms with Gasteiger partial charge in [-0.15, -0.1) is 11.8 Å². The molecule has 2 aliphatic heterocycles. The maximum atomic E-state index is 14.1. The van der Waals surface area contributed by atoms with E-state index < -0.39 is 0 Å². The number of para-hydroxylation sites is 1. The molecule has 29 heavy (non-hydrogen) atoms. The Bertz CT molecular complexity index is 897. The van der Waals surface area contributed by atoms with Gasteiger partial charge in [-0.2, -0.15) is 0 Å². The maximum absolute atomic E-state index is 14.1. The van der Waals surface area contributed by atoms with Gasteiger partial charge in [0.25, 0.3) is 0 Å². The van der Waals surface area contributed by atoms with Gasteiger partial charge in [-0.1, -0.05) is 30.3 Å². The van der Waals surface area contributed by atoms with E-state index in [0.29, 0.717) is 22.8 Å². The van der Waals surface area contributed by atoms with Gasteiger partial charge >= 0.3 is 0 Å². The minimum atomic E-state index is -0.305. The number of carbonyl (C=O) groups is 1. The smallest absolute Gasteiger partial charge is 0.231 e. The van der Waals surface area contributed by atoms with E-state index in [9.17, 15) is 9.18 Å². The molecule has 2 aliphatic rings. The summed E-state index contributed by atoms with van der Waals surface area (Å²) in [6, 6.07) is 12.4. The average molecular weight is 418 g/mol. The van der Waals surface area contributed by atoms with Crippen molar-refractivity contribution in [2.24, 2.45) is 5.92 Å². The van der Waals surface area contributed by atoms with Crippen LogP contribution in [0.5, 0.6) is 11.5 Å².